The fraction of sp³-hybridized carbons (Fsp3) is 0.405. The van der Waals surface area contributed by atoms with E-state index < -0.39 is 47.3 Å². The van der Waals surface area contributed by atoms with Crippen LogP contribution in [0, 0.1) is 17.0 Å². The molecule has 7 N–H and O–H groups in total. The van der Waals surface area contributed by atoms with Crippen LogP contribution >= 0.6 is 0 Å². The van der Waals surface area contributed by atoms with Gasteiger partial charge >= 0.3 is 0 Å². The van der Waals surface area contributed by atoms with Crippen molar-refractivity contribution in [2.24, 2.45) is 11.1 Å². The number of carbonyl (C=O) groups is 4. The number of hydrogen-bond donors (Lipinski definition) is 6. The summed E-state index contributed by atoms with van der Waals surface area (Å²) in [5.41, 5.74) is 8.51. The molecular formula is C37H48F2N6O6. The number of aromatic nitrogens is 1. The molecule has 2 heterocycles. The molecule has 0 spiro atoms. The number of nitrogens with two attached hydrogens (primary N) is 1. The summed E-state index contributed by atoms with van der Waals surface area (Å²) in [6, 6.07) is 13.0. The lowest BCUT2D eigenvalue weighted by Crippen LogP contribution is -2.50. The summed E-state index contributed by atoms with van der Waals surface area (Å²) in [4.78, 5) is 49.5. The summed E-state index contributed by atoms with van der Waals surface area (Å²) in [5, 5.41) is 24.1. The van der Waals surface area contributed by atoms with Crippen LogP contribution in [0.5, 0.6) is 0 Å². The summed E-state index contributed by atoms with van der Waals surface area (Å²) >= 11 is 0. The first kappa shape index (κ1) is 40.7. The molecule has 4 rings (SSSR count). The third kappa shape index (κ3) is 11.6. The van der Waals surface area contributed by atoms with Gasteiger partial charge in [0, 0.05) is 54.8 Å². The smallest absolute Gasteiger partial charge is 0.254 e. The topological polar surface area (TPSA) is 179 Å². The second-order valence-corrected chi connectivity index (χ2v) is 13.1. The third-order valence-corrected chi connectivity index (χ3v) is 8.10. The van der Waals surface area contributed by atoms with E-state index in [0.717, 1.165) is 40.4 Å². The van der Waals surface area contributed by atoms with Crippen LogP contribution < -0.4 is 21.7 Å². The highest BCUT2D eigenvalue weighted by Crippen LogP contribution is 2.37. The van der Waals surface area contributed by atoms with Gasteiger partial charge in [0.15, 0.2) is 0 Å². The van der Waals surface area contributed by atoms with Gasteiger partial charge < -0.3 is 36.5 Å². The number of nitrogens with one attached hydrogen (secondary N) is 3. The van der Waals surface area contributed by atoms with E-state index in [1.165, 1.54) is 13.0 Å². The predicted molar refractivity (Wildman–Crippen MR) is 189 cm³/mol. The number of rotatable bonds is 15. The van der Waals surface area contributed by atoms with Crippen molar-refractivity contribution in [3.63, 3.8) is 0 Å². The Morgan fingerprint density at radius 3 is 2.08 bits per heavy atom. The molecule has 1 aliphatic heterocycles. The first-order chi connectivity index (χ1) is 24.2. The lowest BCUT2D eigenvalue weighted by Gasteiger charge is -2.33. The van der Waals surface area contributed by atoms with Gasteiger partial charge in [-0.05, 0) is 55.1 Å². The van der Waals surface area contributed by atoms with Crippen molar-refractivity contribution in [3.05, 3.63) is 95.8 Å². The zero-order valence-corrected chi connectivity index (χ0v) is 29.4. The molecule has 0 aliphatic carbocycles. The number of benzene rings is 2. The van der Waals surface area contributed by atoms with Gasteiger partial charge in [0.1, 0.15) is 17.7 Å². The van der Waals surface area contributed by atoms with Crippen molar-refractivity contribution in [2.75, 3.05) is 32.8 Å². The van der Waals surface area contributed by atoms with E-state index in [1.807, 2.05) is 47.2 Å². The van der Waals surface area contributed by atoms with E-state index in [4.69, 9.17) is 15.9 Å². The van der Waals surface area contributed by atoms with Gasteiger partial charge in [-0.25, -0.2) is 8.78 Å². The van der Waals surface area contributed by atoms with Crippen molar-refractivity contribution in [3.8, 4) is 11.1 Å². The largest absolute Gasteiger partial charge is 0.394 e. The minimum atomic E-state index is -0.984. The molecule has 4 amide bonds. The fourth-order valence-corrected chi connectivity index (χ4v) is 5.48. The number of amides is 4. The van der Waals surface area contributed by atoms with Gasteiger partial charge in [0.2, 0.25) is 11.8 Å². The van der Waals surface area contributed by atoms with E-state index in [9.17, 15) is 28.0 Å². The molecule has 276 valence electrons. The second kappa shape index (κ2) is 19.0. The van der Waals surface area contributed by atoms with E-state index in [-0.39, 0.29) is 43.3 Å². The number of carbonyl (C=O) groups excluding carboxylic acids is 4. The highest BCUT2D eigenvalue weighted by molar-refractivity contribution is 6.15. The standard InChI is InChI=1S/C35H42F2N6O4.C2H6O2/c1-22(43-30(44)12-13-31(43)45)33(46)40-16-17-41-34(47)28(38)14-15-39-32(35(2,3)4)29-18-24(26-19-25(36)10-11-27(26)37)21-42(29)20-23-8-6-5-7-9-23;3-1-2-4/h5-13,18-19,21-22,28,32,39H,14-17,20,38H2,1-4H3,(H,40,46)(H,41,47);3-4H,1-2H2/t22-,28+,32+;/m1./s1. The molecule has 2 aromatic carbocycles. The molecule has 12 nitrogen and oxygen atoms in total. The summed E-state index contributed by atoms with van der Waals surface area (Å²) < 4.78 is 31.0. The minimum Gasteiger partial charge on any atom is -0.394 e. The Morgan fingerprint density at radius 2 is 1.49 bits per heavy atom. The minimum absolute atomic E-state index is 0.0856. The van der Waals surface area contributed by atoms with Gasteiger partial charge in [-0.3, -0.25) is 24.1 Å². The molecule has 1 aromatic heterocycles. The number of nitrogens with zero attached hydrogens (tertiary/aromatic N) is 2. The monoisotopic (exact) mass is 710 g/mol. The SMILES string of the molecule is C[C@H](C(=O)NCCNC(=O)[C@@H](N)CCN[C@@H](c1cc(-c2cc(F)ccc2F)cn1Cc1ccccc1)C(C)(C)C)N1C(=O)C=CC1=O.OCCO. The number of aliphatic hydroxyl groups is 2. The lowest BCUT2D eigenvalue weighted by molar-refractivity contribution is -0.144. The van der Waals surface area contributed by atoms with Gasteiger partial charge in [0.25, 0.3) is 11.8 Å². The normalized spacial score (nSPS) is 14.5. The maximum Gasteiger partial charge on any atom is 0.254 e. The van der Waals surface area contributed by atoms with Crippen molar-refractivity contribution < 1.29 is 38.2 Å². The predicted octanol–water partition coefficient (Wildman–Crippen LogP) is 2.39. The molecule has 0 unspecified atom stereocenters. The van der Waals surface area contributed by atoms with Gasteiger partial charge in [0.05, 0.1) is 25.3 Å². The Bertz CT molecular complexity index is 1650. The summed E-state index contributed by atoms with van der Waals surface area (Å²) in [5.74, 6) is -3.07. The third-order valence-electron chi connectivity index (χ3n) is 8.10. The number of halogens is 2. The molecule has 0 radical (unpaired) electrons. The molecule has 0 fully saturated rings. The zero-order chi connectivity index (χ0) is 37.7. The zero-order valence-electron chi connectivity index (χ0n) is 29.4. The van der Waals surface area contributed by atoms with E-state index >= 15 is 0 Å². The molecule has 3 aromatic rings. The van der Waals surface area contributed by atoms with Crippen LogP contribution in [0.2, 0.25) is 0 Å². The van der Waals surface area contributed by atoms with Crippen molar-refractivity contribution in [2.45, 2.75) is 58.8 Å². The van der Waals surface area contributed by atoms with Crippen LogP contribution in [0.1, 0.15) is 51.4 Å². The Morgan fingerprint density at radius 1 is 0.882 bits per heavy atom. The molecule has 14 heteroatoms. The summed E-state index contributed by atoms with van der Waals surface area (Å²) in [6.07, 6.45) is 4.36. The number of aliphatic hydroxyl groups excluding tert-OH is 2. The van der Waals surface area contributed by atoms with Gasteiger partial charge in [-0.15, -0.1) is 0 Å². The number of hydrogen-bond acceptors (Lipinski definition) is 8. The van der Waals surface area contributed by atoms with Crippen LogP contribution in [-0.4, -0.2) is 88.2 Å². The summed E-state index contributed by atoms with van der Waals surface area (Å²) in [7, 11) is 0. The first-order valence-corrected chi connectivity index (χ1v) is 16.7. The van der Waals surface area contributed by atoms with Gasteiger partial charge in [-0.2, -0.15) is 0 Å². The van der Waals surface area contributed by atoms with E-state index in [1.54, 1.807) is 0 Å². The molecular weight excluding hydrogens is 662 g/mol. The average molecular weight is 711 g/mol. The maximum atomic E-state index is 14.8. The average Bonchev–Trinajstić information content (AvgIpc) is 3.66. The highest BCUT2D eigenvalue weighted by atomic mass is 19.1. The Balaban J connectivity index is 0.00000166. The quantitative estimate of drug-likeness (QED) is 0.103. The molecule has 51 heavy (non-hydrogen) atoms. The van der Waals surface area contributed by atoms with Crippen LogP contribution in [0.25, 0.3) is 11.1 Å². The van der Waals surface area contributed by atoms with Crippen molar-refractivity contribution in [1.29, 1.82) is 0 Å². The molecule has 1 aliphatic rings. The van der Waals surface area contributed by atoms with Crippen LogP contribution in [-0.2, 0) is 25.7 Å². The van der Waals surface area contributed by atoms with E-state index in [2.05, 4.69) is 36.7 Å². The molecule has 0 saturated carbocycles. The van der Waals surface area contributed by atoms with Crippen LogP contribution in [0.15, 0.2) is 72.9 Å². The molecule has 0 bridgehead atoms. The maximum absolute atomic E-state index is 14.8. The number of imide groups is 1. The highest BCUT2D eigenvalue weighted by Gasteiger charge is 2.33. The summed E-state index contributed by atoms with van der Waals surface area (Å²) in [6.45, 7) is 8.50. The second-order valence-electron chi connectivity index (χ2n) is 13.1. The van der Waals surface area contributed by atoms with Crippen LogP contribution in [0.3, 0.4) is 0 Å². The Labute approximate surface area is 296 Å². The van der Waals surface area contributed by atoms with Crippen molar-refractivity contribution in [1.82, 2.24) is 25.4 Å². The fourth-order valence-electron chi connectivity index (χ4n) is 5.48. The van der Waals surface area contributed by atoms with Gasteiger partial charge in [-0.1, -0.05) is 51.1 Å². The molecule has 0 saturated heterocycles. The first-order valence-electron chi connectivity index (χ1n) is 16.7. The lowest BCUT2D eigenvalue weighted by atomic mass is 9.84. The van der Waals surface area contributed by atoms with E-state index in [0.29, 0.717) is 25.1 Å². The van der Waals surface area contributed by atoms with Crippen molar-refractivity contribution >= 4 is 23.6 Å². The Hall–Kier alpha value is -4.76. The van der Waals surface area contributed by atoms with Crippen LogP contribution in [0.4, 0.5) is 8.78 Å². The Kier molecular flexibility index (Phi) is 15.2. The molecule has 3 atom stereocenters.